The predicted octanol–water partition coefficient (Wildman–Crippen LogP) is 7.34. The van der Waals surface area contributed by atoms with Crippen molar-refractivity contribution in [1.29, 1.82) is 0 Å². The highest BCUT2D eigenvalue weighted by Gasteiger charge is 2.34. The Hall–Kier alpha value is -2.81. The topological polar surface area (TPSA) is 40.5 Å². The third-order valence-electron chi connectivity index (χ3n) is 5.57. The van der Waals surface area contributed by atoms with Gasteiger partial charge in [0, 0.05) is 19.0 Å². The average Bonchev–Trinajstić information content (AvgIpc) is 2.74. The molecule has 0 radical (unpaired) electrons. The molecule has 2 aromatic rings. The minimum absolute atomic E-state index is 0.0365. The lowest BCUT2D eigenvalue weighted by molar-refractivity contribution is -0.139. The van der Waals surface area contributed by atoms with Gasteiger partial charge in [0.15, 0.2) is 0 Å². The molecule has 3 nitrogen and oxygen atoms in total. The SMILES string of the molecule is C=CC.O=C(O)CC1CCN(Cc2ccc(C(F)(F)F)cc2)C(c2ccc(C(F)(F)F)cc2)C1. The number of likely N-dealkylation sites (tertiary alicyclic amines) is 1. The fourth-order valence-corrected chi connectivity index (χ4v) is 3.98. The van der Waals surface area contributed by atoms with Gasteiger partial charge in [-0.3, -0.25) is 9.69 Å². The maximum atomic E-state index is 12.9. The number of alkyl halides is 6. The molecule has 3 rings (SSSR count). The van der Waals surface area contributed by atoms with Crippen molar-refractivity contribution in [3.05, 3.63) is 83.4 Å². The number of halogens is 6. The lowest BCUT2D eigenvalue weighted by Crippen LogP contribution is -2.37. The summed E-state index contributed by atoms with van der Waals surface area (Å²) < 4.78 is 77.0. The summed E-state index contributed by atoms with van der Waals surface area (Å²) in [6.07, 6.45) is -6.15. The van der Waals surface area contributed by atoms with Gasteiger partial charge >= 0.3 is 18.3 Å². The molecule has 1 aliphatic heterocycles. The molecule has 0 bridgehead atoms. The van der Waals surface area contributed by atoms with Gasteiger partial charge < -0.3 is 5.11 Å². The maximum absolute atomic E-state index is 12.9. The zero-order valence-corrected chi connectivity index (χ0v) is 18.7. The van der Waals surface area contributed by atoms with Crippen molar-refractivity contribution < 1.29 is 36.2 Å². The molecule has 2 atom stereocenters. The molecule has 9 heteroatoms. The number of piperidine rings is 1. The number of carboxylic acid groups (broad SMARTS) is 1. The van der Waals surface area contributed by atoms with Gasteiger partial charge in [0.25, 0.3) is 0 Å². The van der Waals surface area contributed by atoms with Crippen molar-refractivity contribution in [2.24, 2.45) is 5.92 Å². The van der Waals surface area contributed by atoms with E-state index in [1.807, 2.05) is 11.8 Å². The number of carbonyl (C=O) groups is 1. The molecule has 0 aromatic heterocycles. The molecule has 0 aliphatic carbocycles. The van der Waals surface area contributed by atoms with E-state index in [0.29, 0.717) is 37.1 Å². The third-order valence-corrected chi connectivity index (χ3v) is 5.57. The monoisotopic (exact) mass is 487 g/mol. The van der Waals surface area contributed by atoms with Gasteiger partial charge in [-0.1, -0.05) is 30.3 Å². The number of nitrogens with zero attached hydrogens (tertiary/aromatic N) is 1. The van der Waals surface area contributed by atoms with Crippen molar-refractivity contribution in [2.75, 3.05) is 6.54 Å². The number of hydrogen-bond donors (Lipinski definition) is 1. The fourth-order valence-electron chi connectivity index (χ4n) is 3.98. The molecular formula is C25H27F6NO2. The Kier molecular flexibility index (Phi) is 9.32. The molecule has 0 saturated carbocycles. The highest BCUT2D eigenvalue weighted by molar-refractivity contribution is 5.67. The summed E-state index contributed by atoms with van der Waals surface area (Å²) in [5, 5.41) is 9.11. The Labute approximate surface area is 194 Å². The van der Waals surface area contributed by atoms with E-state index in [-0.39, 0.29) is 18.4 Å². The number of aliphatic carboxylic acids is 1. The van der Waals surface area contributed by atoms with Crippen LogP contribution < -0.4 is 0 Å². The van der Waals surface area contributed by atoms with Crippen LogP contribution >= 0.6 is 0 Å². The molecule has 0 spiro atoms. The lowest BCUT2D eigenvalue weighted by Gasteiger charge is -2.39. The van der Waals surface area contributed by atoms with Crippen molar-refractivity contribution in [1.82, 2.24) is 4.90 Å². The first-order chi connectivity index (χ1) is 15.8. The molecule has 34 heavy (non-hydrogen) atoms. The van der Waals surface area contributed by atoms with E-state index in [1.54, 1.807) is 6.08 Å². The van der Waals surface area contributed by atoms with Crippen LogP contribution in [0.3, 0.4) is 0 Å². The summed E-state index contributed by atoms with van der Waals surface area (Å²) in [5.74, 6) is -1.07. The number of allylic oxidation sites excluding steroid dienone is 1. The second kappa shape index (κ2) is 11.6. The molecule has 2 aromatic carbocycles. The number of benzene rings is 2. The van der Waals surface area contributed by atoms with Crippen molar-refractivity contribution >= 4 is 5.97 Å². The molecule has 1 saturated heterocycles. The van der Waals surface area contributed by atoms with Crippen molar-refractivity contribution in [3.63, 3.8) is 0 Å². The molecule has 1 N–H and O–H groups in total. The van der Waals surface area contributed by atoms with Crippen LogP contribution in [-0.2, 0) is 23.7 Å². The number of carboxylic acids is 1. The summed E-state index contributed by atoms with van der Waals surface area (Å²) >= 11 is 0. The zero-order valence-electron chi connectivity index (χ0n) is 18.7. The van der Waals surface area contributed by atoms with E-state index in [4.69, 9.17) is 5.11 Å². The third kappa shape index (κ3) is 7.90. The fraction of sp³-hybridized carbons (Fsp3) is 0.400. The minimum atomic E-state index is -4.46. The Morgan fingerprint density at radius 3 is 1.91 bits per heavy atom. The van der Waals surface area contributed by atoms with Crippen molar-refractivity contribution in [3.8, 4) is 0 Å². The van der Waals surface area contributed by atoms with Gasteiger partial charge in [-0.05, 0) is 67.6 Å². The normalized spacial score (nSPS) is 19.1. The Bertz CT molecular complexity index is 936. The Morgan fingerprint density at radius 1 is 1.00 bits per heavy atom. The molecule has 186 valence electrons. The van der Waals surface area contributed by atoms with Gasteiger partial charge in [-0.15, -0.1) is 6.58 Å². The highest BCUT2D eigenvalue weighted by atomic mass is 19.4. The van der Waals surface area contributed by atoms with Crippen LogP contribution in [0.15, 0.2) is 61.2 Å². The Balaban J connectivity index is 0.00000129. The lowest BCUT2D eigenvalue weighted by atomic mass is 9.84. The summed E-state index contributed by atoms with van der Waals surface area (Å²) in [6, 6.07) is 9.19. The first-order valence-corrected chi connectivity index (χ1v) is 10.7. The molecular weight excluding hydrogens is 460 g/mol. The largest absolute Gasteiger partial charge is 0.481 e. The van der Waals surface area contributed by atoms with Gasteiger partial charge in [0.1, 0.15) is 0 Å². The summed E-state index contributed by atoms with van der Waals surface area (Å²) in [6.45, 7) is 6.05. The second-order valence-corrected chi connectivity index (χ2v) is 8.20. The number of rotatable bonds is 5. The zero-order chi connectivity index (χ0) is 25.5. The van der Waals surface area contributed by atoms with E-state index in [0.717, 1.165) is 24.3 Å². The van der Waals surface area contributed by atoms with E-state index >= 15 is 0 Å². The van der Waals surface area contributed by atoms with E-state index in [1.165, 1.54) is 24.3 Å². The summed E-state index contributed by atoms with van der Waals surface area (Å²) in [4.78, 5) is 13.1. The first kappa shape index (κ1) is 27.4. The van der Waals surface area contributed by atoms with Crippen LogP contribution in [0.1, 0.15) is 54.5 Å². The van der Waals surface area contributed by atoms with Crippen LogP contribution in [0, 0.1) is 5.92 Å². The van der Waals surface area contributed by atoms with Gasteiger partial charge in [-0.25, -0.2) is 0 Å². The van der Waals surface area contributed by atoms with Crippen LogP contribution in [0.25, 0.3) is 0 Å². The standard InChI is InChI=1S/C22H21F6NO2.C3H6/c23-21(24,25)17-5-1-14(2-6-17)13-29-10-9-15(12-20(30)31)11-19(29)16-3-7-18(8-4-16)22(26,27)28;1-3-2/h1-8,15,19H,9-13H2,(H,30,31);3H,1H2,2H3. The van der Waals surface area contributed by atoms with Gasteiger partial charge in [-0.2, -0.15) is 26.3 Å². The summed E-state index contributed by atoms with van der Waals surface area (Å²) in [7, 11) is 0. The molecule has 0 amide bonds. The minimum Gasteiger partial charge on any atom is -0.481 e. The Morgan fingerprint density at radius 2 is 1.47 bits per heavy atom. The van der Waals surface area contributed by atoms with Crippen LogP contribution in [0.5, 0.6) is 0 Å². The second-order valence-electron chi connectivity index (χ2n) is 8.20. The smallest absolute Gasteiger partial charge is 0.416 e. The highest BCUT2D eigenvalue weighted by Crippen LogP contribution is 2.38. The van der Waals surface area contributed by atoms with Gasteiger partial charge in [0.2, 0.25) is 0 Å². The maximum Gasteiger partial charge on any atom is 0.416 e. The predicted molar refractivity (Wildman–Crippen MR) is 117 cm³/mol. The quantitative estimate of drug-likeness (QED) is 0.354. The van der Waals surface area contributed by atoms with E-state index < -0.39 is 29.4 Å². The summed E-state index contributed by atoms with van der Waals surface area (Å²) in [5.41, 5.74) is -0.268. The van der Waals surface area contributed by atoms with E-state index in [2.05, 4.69) is 6.58 Å². The number of hydrogen-bond acceptors (Lipinski definition) is 2. The van der Waals surface area contributed by atoms with Gasteiger partial charge in [0.05, 0.1) is 11.1 Å². The molecule has 1 fully saturated rings. The van der Waals surface area contributed by atoms with Crippen LogP contribution in [-0.4, -0.2) is 22.5 Å². The first-order valence-electron chi connectivity index (χ1n) is 10.7. The molecule has 1 heterocycles. The van der Waals surface area contributed by atoms with E-state index in [9.17, 15) is 31.1 Å². The van der Waals surface area contributed by atoms with Crippen LogP contribution in [0.2, 0.25) is 0 Å². The molecule has 2 unspecified atom stereocenters. The van der Waals surface area contributed by atoms with Crippen LogP contribution in [0.4, 0.5) is 26.3 Å². The van der Waals surface area contributed by atoms with Crippen molar-refractivity contribution in [2.45, 2.75) is 51.1 Å². The molecule has 1 aliphatic rings. The average molecular weight is 487 g/mol.